The second-order valence-corrected chi connectivity index (χ2v) is 14.7. The lowest BCUT2D eigenvalue weighted by molar-refractivity contribution is -0.137. The van der Waals surface area contributed by atoms with E-state index in [9.17, 15) is 9.90 Å². The van der Waals surface area contributed by atoms with Crippen LogP contribution in [0.5, 0.6) is 0 Å². The number of aliphatic carboxylic acids is 1. The summed E-state index contributed by atoms with van der Waals surface area (Å²) in [6.45, 7) is 0. The molecule has 4 aliphatic rings. The zero-order chi connectivity index (χ0) is 30.3. The Morgan fingerprint density at radius 1 is 0.721 bits per heavy atom. The van der Waals surface area contributed by atoms with Crippen LogP contribution in [0.15, 0.2) is 24.3 Å². The fourth-order valence-corrected chi connectivity index (χ4v) is 8.58. The number of nitrogens with zero attached hydrogens (tertiary/aromatic N) is 1. The predicted molar refractivity (Wildman–Crippen MR) is 184 cm³/mol. The van der Waals surface area contributed by atoms with Crippen LogP contribution in [0.4, 0.5) is 0 Å². The summed E-state index contributed by atoms with van der Waals surface area (Å²) < 4.78 is 0.953. The van der Waals surface area contributed by atoms with Gasteiger partial charge in [-0.3, -0.25) is 4.79 Å². The standard InChI is InChI=1S/2C12H23N.C11H9NO3S2/c2*1-3-7-11(8-4-1)13-12-9-5-2-6-10-12;13-9(14)5-6(11(15)16)10-12-7-3-1-2-4-8(7)17-10/h2*11-13H,1-10H2;1-4,6H,5H2,(H,13,14)(H,15,16). The molecule has 0 amide bonds. The Balaban J connectivity index is 0.000000150. The molecule has 1 atom stereocenters. The molecule has 8 heteroatoms. The lowest BCUT2D eigenvalue weighted by atomic mass is 9.91. The number of carbonyl (C=O) groups is 1. The van der Waals surface area contributed by atoms with E-state index in [0.717, 1.165) is 34.4 Å². The molecule has 0 aliphatic heterocycles. The van der Waals surface area contributed by atoms with Gasteiger partial charge in [0.05, 0.1) is 22.6 Å². The molecule has 1 aromatic carbocycles. The van der Waals surface area contributed by atoms with Gasteiger partial charge in [0.15, 0.2) is 5.05 Å². The number of rotatable bonds is 8. The van der Waals surface area contributed by atoms with Crippen LogP contribution in [0.3, 0.4) is 0 Å². The maximum absolute atomic E-state index is 10.7. The Labute approximate surface area is 268 Å². The van der Waals surface area contributed by atoms with Crippen molar-refractivity contribution >= 4 is 44.8 Å². The number of thiazole rings is 1. The second kappa shape index (κ2) is 19.0. The fourth-order valence-electron chi connectivity index (χ4n) is 7.24. The van der Waals surface area contributed by atoms with Crippen molar-refractivity contribution in [3.8, 4) is 0 Å². The lowest BCUT2D eigenvalue weighted by Crippen LogP contribution is -2.40. The first-order chi connectivity index (χ1) is 21.0. The highest BCUT2D eigenvalue weighted by molar-refractivity contribution is 7.80. The number of aliphatic hydroxyl groups is 1. The van der Waals surface area contributed by atoms with Gasteiger partial charge in [-0.05, 0) is 75.7 Å². The van der Waals surface area contributed by atoms with Crippen molar-refractivity contribution < 1.29 is 15.0 Å². The first-order valence-corrected chi connectivity index (χ1v) is 18.5. The van der Waals surface area contributed by atoms with Crippen LogP contribution in [-0.2, 0) is 4.79 Å². The van der Waals surface area contributed by atoms with E-state index in [4.69, 9.17) is 5.11 Å². The highest BCUT2D eigenvalue weighted by atomic mass is 32.1. The predicted octanol–water partition coefficient (Wildman–Crippen LogP) is 9.22. The van der Waals surface area contributed by atoms with Gasteiger partial charge in [0.2, 0.25) is 0 Å². The number of thiocarbonyl (C=S) groups is 1. The topological polar surface area (TPSA) is 94.5 Å². The summed E-state index contributed by atoms with van der Waals surface area (Å²) in [4.78, 5) is 15.0. The molecular weight excluding hydrogens is 575 g/mol. The van der Waals surface area contributed by atoms with Crippen molar-refractivity contribution in [1.29, 1.82) is 0 Å². The molecule has 4 aliphatic carbocycles. The summed E-state index contributed by atoms with van der Waals surface area (Å²) >= 11 is 6.03. The van der Waals surface area contributed by atoms with Crippen LogP contribution in [-0.4, -0.2) is 50.4 Å². The van der Waals surface area contributed by atoms with Gasteiger partial charge in [0, 0.05) is 24.2 Å². The summed E-state index contributed by atoms with van der Waals surface area (Å²) in [5.74, 6) is -1.72. The van der Waals surface area contributed by atoms with E-state index in [1.807, 2.05) is 24.3 Å². The monoisotopic (exact) mass is 629 g/mol. The molecule has 4 N–H and O–H groups in total. The number of nitrogens with one attached hydrogen (secondary N) is 2. The highest BCUT2D eigenvalue weighted by Crippen LogP contribution is 2.30. The van der Waals surface area contributed by atoms with Crippen molar-refractivity contribution in [3.05, 3.63) is 29.3 Å². The Bertz CT molecular complexity index is 986. The minimum atomic E-state index is -1.01. The number of para-hydroxylation sites is 1. The SMILES string of the molecule is C1CCC(NC2CCCCC2)CC1.C1CCC(NC2CCCCC2)CC1.O=C(O)CC(C(O)=S)c1nc2ccccc2s1. The van der Waals surface area contributed by atoms with Crippen LogP contribution >= 0.6 is 23.6 Å². The van der Waals surface area contributed by atoms with Crippen molar-refractivity contribution in [3.63, 3.8) is 0 Å². The van der Waals surface area contributed by atoms with E-state index in [1.54, 1.807) is 0 Å². The Morgan fingerprint density at radius 2 is 1.12 bits per heavy atom. The molecular formula is C35H55N3O3S2. The summed E-state index contributed by atoms with van der Waals surface area (Å²) in [6, 6.07) is 11.0. The van der Waals surface area contributed by atoms with Gasteiger partial charge in [0.1, 0.15) is 5.01 Å². The molecule has 1 unspecified atom stereocenters. The summed E-state index contributed by atoms with van der Waals surface area (Å²) in [6.07, 6.45) is 28.9. The van der Waals surface area contributed by atoms with Crippen LogP contribution in [0, 0.1) is 0 Å². The first kappa shape index (κ1) is 34.3. The van der Waals surface area contributed by atoms with E-state index < -0.39 is 11.9 Å². The summed E-state index contributed by atoms with van der Waals surface area (Å²) in [5.41, 5.74) is 0.791. The fraction of sp³-hybridized carbons (Fsp3) is 0.743. The Morgan fingerprint density at radius 3 is 1.47 bits per heavy atom. The van der Waals surface area contributed by atoms with Crippen LogP contribution < -0.4 is 10.6 Å². The maximum atomic E-state index is 10.7. The summed E-state index contributed by atoms with van der Waals surface area (Å²) in [5, 5.41) is 26.1. The Kier molecular flexibility index (Phi) is 15.2. The molecule has 0 spiro atoms. The van der Waals surface area contributed by atoms with Crippen molar-refractivity contribution in [2.45, 2.75) is 165 Å². The van der Waals surface area contributed by atoms with E-state index in [1.165, 1.54) is 140 Å². The van der Waals surface area contributed by atoms with Crippen LogP contribution in [0.25, 0.3) is 10.2 Å². The van der Waals surface area contributed by atoms with Gasteiger partial charge in [-0.25, -0.2) is 4.98 Å². The van der Waals surface area contributed by atoms with Crippen molar-refractivity contribution in [2.24, 2.45) is 0 Å². The van der Waals surface area contributed by atoms with Gasteiger partial charge >= 0.3 is 5.97 Å². The zero-order valence-corrected chi connectivity index (χ0v) is 27.7. The molecule has 6 rings (SSSR count). The Hall–Kier alpha value is -1.61. The van der Waals surface area contributed by atoms with Gasteiger partial charge in [-0.15, -0.1) is 11.3 Å². The number of hydrogen-bond acceptors (Lipinski definition) is 6. The highest BCUT2D eigenvalue weighted by Gasteiger charge is 2.24. The third-order valence-electron chi connectivity index (χ3n) is 9.65. The molecule has 6 nitrogen and oxygen atoms in total. The molecule has 0 saturated heterocycles. The van der Waals surface area contributed by atoms with Crippen LogP contribution in [0.2, 0.25) is 0 Å². The molecule has 43 heavy (non-hydrogen) atoms. The third-order valence-corrected chi connectivity index (χ3v) is 11.1. The third kappa shape index (κ3) is 12.4. The van der Waals surface area contributed by atoms with Crippen LogP contribution in [0.1, 0.15) is 146 Å². The number of aliphatic hydroxyl groups excluding tert-OH is 1. The van der Waals surface area contributed by atoms with Gasteiger partial charge in [-0.2, -0.15) is 0 Å². The normalized spacial score (nSPS) is 21.7. The minimum absolute atomic E-state index is 0.241. The molecule has 2 aromatic rings. The first-order valence-electron chi connectivity index (χ1n) is 17.3. The van der Waals surface area contributed by atoms with E-state index in [0.29, 0.717) is 5.01 Å². The van der Waals surface area contributed by atoms with E-state index in [-0.39, 0.29) is 11.5 Å². The molecule has 0 bridgehead atoms. The second-order valence-electron chi connectivity index (χ2n) is 13.2. The smallest absolute Gasteiger partial charge is 0.304 e. The van der Waals surface area contributed by atoms with E-state index >= 15 is 0 Å². The number of hydrogen-bond donors (Lipinski definition) is 4. The molecule has 240 valence electrons. The number of benzene rings is 1. The number of carboxylic acids is 1. The van der Waals surface area contributed by atoms with Crippen molar-refractivity contribution in [1.82, 2.24) is 15.6 Å². The number of aromatic nitrogens is 1. The largest absolute Gasteiger partial charge is 0.501 e. The van der Waals surface area contributed by atoms with Gasteiger partial charge < -0.3 is 20.8 Å². The van der Waals surface area contributed by atoms with Crippen molar-refractivity contribution in [2.75, 3.05) is 0 Å². The molecule has 0 radical (unpaired) electrons. The molecule has 4 fully saturated rings. The average molecular weight is 630 g/mol. The lowest BCUT2D eigenvalue weighted by Gasteiger charge is -2.30. The van der Waals surface area contributed by atoms with Gasteiger partial charge in [-0.1, -0.05) is 89.2 Å². The molecule has 4 saturated carbocycles. The van der Waals surface area contributed by atoms with Gasteiger partial charge in [0.25, 0.3) is 0 Å². The summed E-state index contributed by atoms with van der Waals surface area (Å²) in [7, 11) is 0. The molecule has 1 aromatic heterocycles. The minimum Gasteiger partial charge on any atom is -0.501 e. The maximum Gasteiger partial charge on any atom is 0.304 e. The quantitative estimate of drug-likeness (QED) is 0.216. The average Bonchev–Trinajstić information content (AvgIpc) is 3.46. The number of carboxylic acid groups (broad SMARTS) is 1. The zero-order valence-electron chi connectivity index (χ0n) is 26.1. The van der Waals surface area contributed by atoms with E-state index in [2.05, 4.69) is 27.8 Å². The molecule has 1 heterocycles. The number of fused-ring (bicyclic) bond motifs is 1.